The molecule has 0 heterocycles. The van der Waals surface area contributed by atoms with Crippen molar-refractivity contribution in [1.82, 2.24) is 0 Å². The van der Waals surface area contributed by atoms with Gasteiger partial charge in [0.05, 0.1) is 6.21 Å². The summed E-state index contributed by atoms with van der Waals surface area (Å²) in [6.07, 6.45) is 3.68. The molecule has 2 N–H and O–H groups in total. The third-order valence-electron chi connectivity index (χ3n) is 1.32. The van der Waals surface area contributed by atoms with Gasteiger partial charge in [-0.2, -0.15) is 5.10 Å². The molecule has 0 fully saturated rings. The molecular weight excluding hydrogens is 156 g/mol. The molecule has 1 aromatic rings. The number of hydrogen-bond donors (Lipinski definition) is 1. The van der Waals surface area contributed by atoms with E-state index in [4.69, 9.17) is 5.84 Å². The summed E-state index contributed by atoms with van der Waals surface area (Å²) in [5.74, 6) is 5.01. The van der Waals surface area contributed by atoms with Crippen molar-refractivity contribution >= 4 is 18.0 Å². The Balaban J connectivity index is 2.91. The first-order valence-electron chi connectivity index (χ1n) is 3.24. The quantitative estimate of drug-likeness (QED) is 0.314. The Labute approximate surface area is 70.5 Å². The van der Waals surface area contributed by atoms with Gasteiger partial charge in [-0.3, -0.25) is 0 Å². The lowest BCUT2D eigenvalue weighted by Gasteiger charge is -1.95. The average molecular weight is 166 g/mol. The van der Waals surface area contributed by atoms with Gasteiger partial charge in [-0.1, -0.05) is 12.1 Å². The van der Waals surface area contributed by atoms with Crippen LogP contribution in [0.2, 0.25) is 0 Å². The smallest absolute Gasteiger partial charge is 0.0538 e. The molecule has 0 aromatic heterocycles. The summed E-state index contributed by atoms with van der Waals surface area (Å²) in [6.45, 7) is 0. The first-order chi connectivity index (χ1) is 5.36. The normalized spacial score (nSPS) is 10.6. The van der Waals surface area contributed by atoms with E-state index in [1.54, 1.807) is 18.0 Å². The number of nitrogens with zero attached hydrogens (tertiary/aromatic N) is 1. The lowest BCUT2D eigenvalue weighted by atomic mass is 10.2. The fourth-order valence-corrected chi connectivity index (χ4v) is 1.28. The van der Waals surface area contributed by atoms with E-state index in [1.807, 2.05) is 24.5 Å². The Bertz CT molecular complexity index is 258. The molecular formula is C8H10N2S. The molecule has 0 saturated carbocycles. The van der Waals surface area contributed by atoms with Crippen molar-refractivity contribution in [2.75, 3.05) is 6.26 Å². The molecule has 58 valence electrons. The molecule has 0 aliphatic carbocycles. The second kappa shape index (κ2) is 4.03. The highest BCUT2D eigenvalue weighted by atomic mass is 32.2. The summed E-state index contributed by atoms with van der Waals surface area (Å²) < 4.78 is 0. The molecule has 0 saturated heterocycles. The van der Waals surface area contributed by atoms with Crippen LogP contribution in [0.25, 0.3) is 0 Å². The predicted octanol–water partition coefficient (Wildman–Crippen LogP) is 1.70. The zero-order valence-corrected chi connectivity index (χ0v) is 7.14. The van der Waals surface area contributed by atoms with Crippen molar-refractivity contribution in [3.05, 3.63) is 29.8 Å². The third kappa shape index (κ3) is 2.27. The van der Waals surface area contributed by atoms with Crippen LogP contribution in [0.15, 0.2) is 34.3 Å². The minimum absolute atomic E-state index is 1.04. The highest BCUT2D eigenvalue weighted by molar-refractivity contribution is 7.98. The van der Waals surface area contributed by atoms with Gasteiger partial charge < -0.3 is 5.84 Å². The van der Waals surface area contributed by atoms with E-state index in [2.05, 4.69) is 11.2 Å². The van der Waals surface area contributed by atoms with Crippen LogP contribution >= 0.6 is 11.8 Å². The lowest BCUT2D eigenvalue weighted by Crippen LogP contribution is -1.85. The highest BCUT2D eigenvalue weighted by Crippen LogP contribution is 2.14. The van der Waals surface area contributed by atoms with Crippen molar-refractivity contribution < 1.29 is 0 Å². The molecule has 3 heteroatoms. The summed E-state index contributed by atoms with van der Waals surface area (Å²) in [4.78, 5) is 1.22. The van der Waals surface area contributed by atoms with Crippen molar-refractivity contribution in [3.63, 3.8) is 0 Å². The topological polar surface area (TPSA) is 38.4 Å². The van der Waals surface area contributed by atoms with E-state index in [-0.39, 0.29) is 0 Å². The summed E-state index contributed by atoms with van der Waals surface area (Å²) in [5.41, 5.74) is 1.04. The van der Waals surface area contributed by atoms with Crippen LogP contribution in [-0.2, 0) is 0 Å². The van der Waals surface area contributed by atoms with Gasteiger partial charge in [0.25, 0.3) is 0 Å². The van der Waals surface area contributed by atoms with Gasteiger partial charge in [-0.05, 0) is 24.0 Å². The van der Waals surface area contributed by atoms with Crippen LogP contribution in [-0.4, -0.2) is 12.5 Å². The Hall–Kier alpha value is -0.960. The predicted molar refractivity (Wildman–Crippen MR) is 50.0 cm³/mol. The van der Waals surface area contributed by atoms with Gasteiger partial charge >= 0.3 is 0 Å². The van der Waals surface area contributed by atoms with Crippen LogP contribution < -0.4 is 5.84 Å². The second-order valence-corrected chi connectivity index (χ2v) is 2.93. The summed E-state index contributed by atoms with van der Waals surface area (Å²) in [7, 11) is 0. The van der Waals surface area contributed by atoms with Gasteiger partial charge in [0.15, 0.2) is 0 Å². The van der Waals surface area contributed by atoms with Gasteiger partial charge in [0, 0.05) is 4.90 Å². The lowest BCUT2D eigenvalue weighted by molar-refractivity contribution is 1.26. The van der Waals surface area contributed by atoms with Gasteiger partial charge in [0.2, 0.25) is 0 Å². The largest absolute Gasteiger partial charge is 0.323 e. The van der Waals surface area contributed by atoms with E-state index < -0.39 is 0 Å². The number of hydrazone groups is 1. The van der Waals surface area contributed by atoms with Crippen molar-refractivity contribution in [3.8, 4) is 0 Å². The van der Waals surface area contributed by atoms with E-state index in [9.17, 15) is 0 Å². The molecule has 0 bridgehead atoms. The maximum Gasteiger partial charge on any atom is 0.0538 e. The number of nitrogens with two attached hydrogens (primary N) is 1. The average Bonchev–Trinajstić information content (AvgIpc) is 2.06. The van der Waals surface area contributed by atoms with Gasteiger partial charge in [0.1, 0.15) is 0 Å². The number of rotatable bonds is 2. The van der Waals surface area contributed by atoms with Crippen LogP contribution in [0.4, 0.5) is 0 Å². The van der Waals surface area contributed by atoms with Crippen LogP contribution in [0, 0.1) is 0 Å². The molecule has 0 aliphatic heterocycles. The summed E-state index contributed by atoms with van der Waals surface area (Å²) in [5, 5.41) is 3.45. The zero-order chi connectivity index (χ0) is 8.10. The monoisotopic (exact) mass is 166 g/mol. The maximum absolute atomic E-state index is 5.01. The Morgan fingerprint density at radius 1 is 1.55 bits per heavy atom. The number of benzene rings is 1. The van der Waals surface area contributed by atoms with Crippen LogP contribution in [0.1, 0.15) is 5.56 Å². The van der Waals surface area contributed by atoms with Crippen LogP contribution in [0.3, 0.4) is 0 Å². The fourth-order valence-electron chi connectivity index (χ4n) is 0.808. The Morgan fingerprint density at radius 2 is 2.36 bits per heavy atom. The molecule has 0 amide bonds. The van der Waals surface area contributed by atoms with Gasteiger partial charge in [-0.25, -0.2) is 0 Å². The standard InChI is InChI=1S/C8H10N2S/c1-11-8-4-2-3-7(5-8)6-10-9/h2-6H,9H2,1H3. The molecule has 0 atom stereocenters. The molecule has 11 heavy (non-hydrogen) atoms. The molecule has 1 aromatic carbocycles. The van der Waals surface area contributed by atoms with Crippen molar-refractivity contribution in [2.24, 2.45) is 10.9 Å². The van der Waals surface area contributed by atoms with E-state index in [0.717, 1.165) is 5.56 Å². The minimum Gasteiger partial charge on any atom is -0.323 e. The van der Waals surface area contributed by atoms with Crippen LogP contribution in [0.5, 0.6) is 0 Å². The Morgan fingerprint density at radius 3 is 3.00 bits per heavy atom. The van der Waals surface area contributed by atoms with Crippen molar-refractivity contribution in [1.29, 1.82) is 0 Å². The zero-order valence-electron chi connectivity index (χ0n) is 6.32. The van der Waals surface area contributed by atoms with Gasteiger partial charge in [-0.15, -0.1) is 11.8 Å². The van der Waals surface area contributed by atoms with E-state index in [0.29, 0.717) is 0 Å². The number of hydrogen-bond acceptors (Lipinski definition) is 3. The fraction of sp³-hybridized carbons (Fsp3) is 0.125. The molecule has 0 aliphatic rings. The SMILES string of the molecule is CSc1cccc(C=NN)c1. The highest BCUT2D eigenvalue weighted by Gasteiger charge is 1.89. The molecule has 2 nitrogen and oxygen atoms in total. The molecule has 0 unspecified atom stereocenters. The van der Waals surface area contributed by atoms with E-state index in [1.165, 1.54) is 4.90 Å². The minimum atomic E-state index is 1.04. The third-order valence-corrected chi connectivity index (χ3v) is 2.04. The second-order valence-electron chi connectivity index (χ2n) is 2.05. The molecule has 0 spiro atoms. The van der Waals surface area contributed by atoms with E-state index >= 15 is 0 Å². The molecule has 1 rings (SSSR count). The Kier molecular flexibility index (Phi) is 2.98. The summed E-state index contributed by atoms with van der Waals surface area (Å²) >= 11 is 1.71. The maximum atomic E-state index is 5.01. The van der Waals surface area contributed by atoms with Crippen molar-refractivity contribution in [2.45, 2.75) is 4.90 Å². The first kappa shape index (κ1) is 8.14. The first-order valence-corrected chi connectivity index (χ1v) is 4.46. The molecule has 0 radical (unpaired) electrons. The number of thioether (sulfide) groups is 1. The summed E-state index contributed by atoms with van der Waals surface area (Å²) in [6, 6.07) is 8.05.